The van der Waals surface area contributed by atoms with Crippen LogP contribution in [0.3, 0.4) is 0 Å². The van der Waals surface area contributed by atoms with E-state index in [-0.39, 0.29) is 48.4 Å². The Balaban J connectivity index is 1.91. The average molecular weight is 911 g/mol. The Morgan fingerprint density at radius 3 is 2.09 bits per heavy atom. The van der Waals surface area contributed by atoms with Gasteiger partial charge >= 0.3 is 5.97 Å². The van der Waals surface area contributed by atoms with Crippen LogP contribution in [0.4, 0.5) is 5.69 Å². The van der Waals surface area contributed by atoms with E-state index in [1.807, 2.05) is 39.8 Å². The van der Waals surface area contributed by atoms with Crippen LogP contribution in [0, 0.1) is 33.8 Å². The summed E-state index contributed by atoms with van der Waals surface area (Å²) in [6.45, 7) is 17.1. The van der Waals surface area contributed by atoms with E-state index in [1.54, 1.807) is 41.5 Å². The fraction of sp³-hybridized carbons (Fsp3) is 0.800. The molecule has 19 nitrogen and oxygen atoms in total. The Morgan fingerprint density at radius 1 is 0.938 bits per heavy atom. The molecule has 0 radical (unpaired) electrons. The van der Waals surface area contributed by atoms with E-state index in [4.69, 9.17) is 33.2 Å². The van der Waals surface area contributed by atoms with Gasteiger partial charge in [0.25, 0.3) is 11.6 Å². The lowest BCUT2D eigenvalue weighted by molar-refractivity contribution is -0.384. The van der Waals surface area contributed by atoms with Crippen LogP contribution in [0.15, 0.2) is 29.4 Å². The molecule has 18 atom stereocenters. The van der Waals surface area contributed by atoms with E-state index in [0.717, 1.165) is 0 Å². The predicted octanol–water partition coefficient (Wildman–Crippen LogP) is 3.56. The Kier molecular flexibility index (Phi) is 18.0. The minimum absolute atomic E-state index is 0.0817. The first-order valence-corrected chi connectivity index (χ1v) is 22.2. The maximum atomic E-state index is 14.5. The number of ether oxygens (including phenoxy) is 7. The number of nitrogens with one attached hydrogen (secondary N) is 1. The van der Waals surface area contributed by atoms with Gasteiger partial charge in [-0.05, 0) is 93.0 Å². The molecule has 3 saturated heterocycles. The quantitative estimate of drug-likeness (QED) is 0.121. The van der Waals surface area contributed by atoms with Crippen molar-refractivity contribution in [1.29, 1.82) is 0 Å². The minimum atomic E-state index is -2.05. The van der Waals surface area contributed by atoms with Gasteiger partial charge in [-0.3, -0.25) is 19.7 Å². The fourth-order valence-electron chi connectivity index (χ4n) is 9.72. The molecule has 0 spiro atoms. The number of aliphatic hydroxyl groups is 4. The molecule has 0 aliphatic carbocycles. The number of amides is 1. The zero-order valence-electron chi connectivity index (χ0n) is 39.9. The maximum Gasteiger partial charge on any atom is 0.311 e. The van der Waals surface area contributed by atoms with Gasteiger partial charge in [-0.15, -0.1) is 0 Å². The highest BCUT2D eigenvalue weighted by Gasteiger charge is 2.54. The normalized spacial score (nSPS) is 42.5. The van der Waals surface area contributed by atoms with Crippen molar-refractivity contribution >= 4 is 23.3 Å². The zero-order chi connectivity index (χ0) is 48.2. The molecular formula is C45H74N4O15. The smallest absolute Gasteiger partial charge is 0.311 e. The van der Waals surface area contributed by atoms with E-state index >= 15 is 0 Å². The second kappa shape index (κ2) is 21.6. The molecule has 19 heteroatoms. The van der Waals surface area contributed by atoms with Crippen LogP contribution in [0.5, 0.6) is 0 Å². The first-order valence-electron chi connectivity index (χ1n) is 22.2. The third kappa shape index (κ3) is 11.7. The lowest BCUT2D eigenvalue weighted by atomic mass is 9.73. The standard InChI is InChI=1S/C45H74N4O15/c1-15-32-45(10,55)37(51)25(4)34(46-47-40(53)29-16-18-30(19-17-29)49(56)57)23(2)21-44(9,59-14)39(64-42-35(50)31(48(11)12)20-24(3)60-42)26(5)36(27(6)41(54)62-32)63-33-22-43(8,58-13)38(52)28(7)61-33/h16-19,23-28,31-33,35-39,42,50-52,55H,15,20-22H2,1-14H3,(H,47,53)/b46-34+/t23-,24?,25+,26+,27-,28+,31?,32-,33+,35?,36+,37-,38+,39-,42?,43-,44-,45-/m1/s1. The molecule has 5 N–H and O–H groups in total. The molecular weight excluding hydrogens is 837 g/mol. The van der Waals surface area contributed by atoms with Crippen molar-refractivity contribution in [2.24, 2.45) is 28.8 Å². The fourth-order valence-corrected chi connectivity index (χ4v) is 9.72. The number of carbonyl (C=O) groups excluding carboxylic acids is 2. The van der Waals surface area contributed by atoms with Gasteiger partial charge in [-0.1, -0.05) is 27.7 Å². The monoisotopic (exact) mass is 911 g/mol. The molecule has 3 heterocycles. The Hall–Kier alpha value is -3.21. The number of benzene rings is 1. The number of hydrogen-bond acceptors (Lipinski definition) is 17. The van der Waals surface area contributed by atoms with Gasteiger partial charge in [-0.25, -0.2) is 5.43 Å². The number of nitro benzene ring substituents is 1. The van der Waals surface area contributed by atoms with Crippen molar-refractivity contribution in [3.8, 4) is 0 Å². The zero-order valence-corrected chi connectivity index (χ0v) is 39.9. The summed E-state index contributed by atoms with van der Waals surface area (Å²) in [5.41, 5.74) is -1.83. The number of methoxy groups -OCH3 is 2. The van der Waals surface area contributed by atoms with E-state index in [9.17, 15) is 40.1 Å². The predicted molar refractivity (Wildman–Crippen MR) is 234 cm³/mol. The first-order chi connectivity index (χ1) is 29.8. The molecule has 3 aliphatic heterocycles. The number of hydrazone groups is 1. The van der Waals surface area contributed by atoms with Crippen LogP contribution in [-0.4, -0.2) is 160 Å². The topological polar surface area (TPSA) is 250 Å². The van der Waals surface area contributed by atoms with Gasteiger partial charge in [0, 0.05) is 61.9 Å². The van der Waals surface area contributed by atoms with Crippen molar-refractivity contribution in [1.82, 2.24) is 10.3 Å². The number of carbonyl (C=O) groups is 2. The van der Waals surface area contributed by atoms with Gasteiger partial charge in [0.1, 0.15) is 23.9 Å². The number of nitrogens with zero attached hydrogens (tertiary/aromatic N) is 3. The van der Waals surface area contributed by atoms with Gasteiger partial charge in [0.2, 0.25) is 0 Å². The number of hydrogen-bond donors (Lipinski definition) is 5. The molecule has 0 aromatic heterocycles. The van der Waals surface area contributed by atoms with Crippen molar-refractivity contribution < 1.29 is 68.1 Å². The summed E-state index contributed by atoms with van der Waals surface area (Å²) in [6, 6.07) is 4.63. The molecule has 64 heavy (non-hydrogen) atoms. The summed E-state index contributed by atoms with van der Waals surface area (Å²) in [7, 11) is 6.70. The summed E-state index contributed by atoms with van der Waals surface area (Å²) in [5.74, 6) is -4.95. The van der Waals surface area contributed by atoms with Crippen LogP contribution < -0.4 is 5.43 Å². The molecule has 0 saturated carbocycles. The highest BCUT2D eigenvalue weighted by Crippen LogP contribution is 2.42. The third-order valence-corrected chi connectivity index (χ3v) is 13.9. The highest BCUT2D eigenvalue weighted by atomic mass is 16.7. The number of rotatable bonds is 11. The number of likely N-dealkylation sites (N-methyl/N-ethyl adjacent to an activating group) is 1. The average Bonchev–Trinajstić information content (AvgIpc) is 3.24. The molecule has 3 fully saturated rings. The van der Waals surface area contributed by atoms with Gasteiger partial charge < -0.3 is 58.5 Å². The maximum absolute atomic E-state index is 14.5. The summed E-state index contributed by atoms with van der Waals surface area (Å²) in [6.07, 6.45) is -9.53. The number of esters is 1. The SMILES string of the molecule is CC[C@H]1OC(=O)[C@H](C)[C@@H](O[C@H]2C[C@@](C)(OC)[C@@H](O)[C@H](C)O2)[C@H](C)[C@@H](OC2OC(C)CC(N(C)C)C2O)[C@](C)(OC)C[C@@H](C)/C(=N\NC(=O)c2ccc([N+](=O)[O-])cc2)[C@H](C)[C@@H](O)[C@]1(C)O. The van der Waals surface area contributed by atoms with Crippen LogP contribution in [0.2, 0.25) is 0 Å². The van der Waals surface area contributed by atoms with Crippen LogP contribution in [0.1, 0.15) is 105 Å². The van der Waals surface area contributed by atoms with Crippen LogP contribution in [0.25, 0.3) is 0 Å². The summed E-state index contributed by atoms with van der Waals surface area (Å²) in [4.78, 5) is 40.5. The Labute approximate surface area is 377 Å². The summed E-state index contributed by atoms with van der Waals surface area (Å²) in [5, 5.41) is 62.8. The number of nitro groups is 1. The second-order valence-electron chi connectivity index (χ2n) is 19.0. The Morgan fingerprint density at radius 2 is 1.55 bits per heavy atom. The first kappa shape index (κ1) is 53.4. The van der Waals surface area contributed by atoms with E-state index in [0.29, 0.717) is 6.42 Å². The number of cyclic esters (lactones) is 1. The highest BCUT2D eigenvalue weighted by molar-refractivity contribution is 5.96. The number of aliphatic hydroxyl groups excluding tert-OH is 3. The van der Waals surface area contributed by atoms with Crippen LogP contribution in [-0.2, 0) is 38.0 Å². The number of non-ortho nitro benzene ring substituents is 1. The van der Waals surface area contributed by atoms with Crippen molar-refractivity contribution in [2.45, 2.75) is 179 Å². The third-order valence-electron chi connectivity index (χ3n) is 13.9. The lowest BCUT2D eigenvalue weighted by Gasteiger charge is -2.50. The molecule has 3 aliphatic rings. The lowest BCUT2D eigenvalue weighted by Crippen LogP contribution is -2.61. The largest absolute Gasteiger partial charge is 0.459 e. The van der Waals surface area contributed by atoms with Gasteiger partial charge in [0.05, 0.1) is 52.6 Å². The Bertz CT molecular complexity index is 1770. The summed E-state index contributed by atoms with van der Waals surface area (Å²) < 4.78 is 44.6. The van der Waals surface area contributed by atoms with Crippen molar-refractivity contribution in [3.63, 3.8) is 0 Å². The molecule has 4 rings (SSSR count). The van der Waals surface area contributed by atoms with E-state index in [2.05, 4.69) is 10.5 Å². The van der Waals surface area contributed by atoms with Crippen molar-refractivity contribution in [3.05, 3.63) is 39.9 Å². The molecule has 1 aromatic rings. The molecule has 4 unspecified atom stereocenters. The van der Waals surface area contributed by atoms with E-state index in [1.165, 1.54) is 45.4 Å². The molecule has 1 aromatic carbocycles. The molecule has 0 bridgehead atoms. The second-order valence-corrected chi connectivity index (χ2v) is 19.0. The van der Waals surface area contributed by atoms with Crippen molar-refractivity contribution in [2.75, 3.05) is 28.3 Å². The minimum Gasteiger partial charge on any atom is -0.459 e. The summed E-state index contributed by atoms with van der Waals surface area (Å²) >= 11 is 0. The van der Waals surface area contributed by atoms with Gasteiger partial charge in [0.15, 0.2) is 12.6 Å². The molecule has 1 amide bonds. The van der Waals surface area contributed by atoms with Gasteiger partial charge in [-0.2, -0.15) is 5.10 Å². The van der Waals surface area contributed by atoms with E-state index < -0.39 is 113 Å². The van der Waals surface area contributed by atoms with Crippen LogP contribution >= 0.6 is 0 Å². The molecule has 364 valence electrons.